The lowest BCUT2D eigenvalue weighted by atomic mass is 10.2. The zero-order valence-electron chi connectivity index (χ0n) is 12.2. The van der Waals surface area contributed by atoms with Crippen molar-refractivity contribution in [2.75, 3.05) is 6.61 Å². The molecular formula is C16H22O5. The standard InChI is InChI=1S/C16H22O5/c1-2-3-4-5-6-7-8-9-21-16(20)12-10-13(17)15(19)14(18)11-12/h6-7,10-11,17-19H,2-5,8-9H2,1H3. The van der Waals surface area contributed by atoms with E-state index in [1.165, 1.54) is 19.3 Å². The van der Waals surface area contributed by atoms with E-state index < -0.39 is 23.2 Å². The molecule has 0 heterocycles. The Morgan fingerprint density at radius 1 is 1.10 bits per heavy atom. The fourth-order valence-electron chi connectivity index (χ4n) is 1.77. The van der Waals surface area contributed by atoms with Crippen molar-refractivity contribution in [1.29, 1.82) is 0 Å². The number of hydrogen-bond donors (Lipinski definition) is 3. The number of benzene rings is 1. The number of esters is 1. The summed E-state index contributed by atoms with van der Waals surface area (Å²) in [5, 5.41) is 27.8. The number of carbonyl (C=O) groups excluding carboxylic acids is 1. The molecule has 0 saturated heterocycles. The highest BCUT2D eigenvalue weighted by molar-refractivity contribution is 5.91. The van der Waals surface area contributed by atoms with Gasteiger partial charge in [0.15, 0.2) is 17.2 Å². The van der Waals surface area contributed by atoms with E-state index >= 15 is 0 Å². The summed E-state index contributed by atoms with van der Waals surface area (Å²) in [6.45, 7) is 2.38. The molecule has 5 nitrogen and oxygen atoms in total. The number of aromatic hydroxyl groups is 3. The van der Waals surface area contributed by atoms with Gasteiger partial charge in [-0.3, -0.25) is 0 Å². The average molecular weight is 294 g/mol. The lowest BCUT2D eigenvalue weighted by molar-refractivity contribution is 0.0510. The van der Waals surface area contributed by atoms with Gasteiger partial charge in [0.25, 0.3) is 0 Å². The van der Waals surface area contributed by atoms with Crippen LogP contribution in [0.1, 0.15) is 49.4 Å². The van der Waals surface area contributed by atoms with E-state index in [0.29, 0.717) is 6.42 Å². The van der Waals surface area contributed by atoms with Crippen LogP contribution in [0.25, 0.3) is 0 Å². The molecule has 0 aliphatic carbocycles. The summed E-state index contributed by atoms with van der Waals surface area (Å²) in [4.78, 5) is 11.7. The monoisotopic (exact) mass is 294 g/mol. The first-order valence-corrected chi connectivity index (χ1v) is 7.13. The molecule has 0 fully saturated rings. The first-order valence-electron chi connectivity index (χ1n) is 7.13. The number of ether oxygens (including phenoxy) is 1. The van der Waals surface area contributed by atoms with Gasteiger partial charge in [0.2, 0.25) is 0 Å². The predicted octanol–water partition coefficient (Wildman–Crippen LogP) is 3.49. The van der Waals surface area contributed by atoms with Crippen LogP contribution in [0.15, 0.2) is 24.3 Å². The molecule has 1 rings (SSSR count). The Kier molecular flexibility index (Phi) is 7.15. The van der Waals surface area contributed by atoms with E-state index in [9.17, 15) is 20.1 Å². The van der Waals surface area contributed by atoms with Crippen LogP contribution >= 0.6 is 0 Å². The van der Waals surface area contributed by atoms with Crippen molar-refractivity contribution in [3.63, 3.8) is 0 Å². The minimum absolute atomic E-state index is 0.00488. The van der Waals surface area contributed by atoms with Crippen molar-refractivity contribution < 1.29 is 24.9 Å². The fourth-order valence-corrected chi connectivity index (χ4v) is 1.77. The topological polar surface area (TPSA) is 87.0 Å². The van der Waals surface area contributed by atoms with E-state index in [-0.39, 0.29) is 12.2 Å². The van der Waals surface area contributed by atoms with E-state index in [2.05, 4.69) is 13.0 Å². The van der Waals surface area contributed by atoms with Gasteiger partial charge in [-0.15, -0.1) is 0 Å². The number of phenols is 3. The van der Waals surface area contributed by atoms with Gasteiger partial charge in [0, 0.05) is 0 Å². The maximum Gasteiger partial charge on any atom is 0.338 e. The third kappa shape index (κ3) is 5.77. The molecule has 1 aromatic rings. The number of phenolic OH excluding ortho intramolecular Hbond substituents is 3. The third-order valence-electron chi connectivity index (χ3n) is 2.96. The highest BCUT2D eigenvalue weighted by Gasteiger charge is 2.14. The molecular weight excluding hydrogens is 272 g/mol. The Morgan fingerprint density at radius 3 is 2.33 bits per heavy atom. The van der Waals surface area contributed by atoms with Crippen molar-refractivity contribution in [3.8, 4) is 17.2 Å². The molecule has 0 aliphatic heterocycles. The average Bonchev–Trinajstić information content (AvgIpc) is 2.46. The normalized spacial score (nSPS) is 10.9. The van der Waals surface area contributed by atoms with Crippen LogP contribution in [0.4, 0.5) is 0 Å². The summed E-state index contributed by atoms with van der Waals surface area (Å²) in [6.07, 6.45) is 9.26. The molecule has 0 aliphatic rings. The molecule has 0 saturated carbocycles. The second kappa shape index (κ2) is 8.89. The van der Waals surface area contributed by atoms with Gasteiger partial charge in [0.1, 0.15) is 0 Å². The lowest BCUT2D eigenvalue weighted by Gasteiger charge is -2.06. The van der Waals surface area contributed by atoms with E-state index in [0.717, 1.165) is 18.6 Å². The van der Waals surface area contributed by atoms with Crippen LogP contribution in [-0.4, -0.2) is 27.9 Å². The molecule has 116 valence electrons. The molecule has 3 N–H and O–H groups in total. The summed E-state index contributed by atoms with van der Waals surface area (Å²) in [7, 11) is 0. The van der Waals surface area contributed by atoms with E-state index in [1.54, 1.807) is 0 Å². The van der Waals surface area contributed by atoms with Crippen molar-refractivity contribution >= 4 is 5.97 Å². The summed E-state index contributed by atoms with van der Waals surface area (Å²) in [5.74, 6) is -2.42. The fraction of sp³-hybridized carbons (Fsp3) is 0.438. The number of rotatable bonds is 8. The van der Waals surface area contributed by atoms with Crippen LogP contribution in [0, 0.1) is 0 Å². The second-order valence-electron chi connectivity index (χ2n) is 4.75. The van der Waals surface area contributed by atoms with Crippen LogP contribution < -0.4 is 0 Å². The molecule has 0 aromatic heterocycles. The Hall–Kier alpha value is -2.17. The van der Waals surface area contributed by atoms with Crippen molar-refractivity contribution in [1.82, 2.24) is 0 Å². The minimum Gasteiger partial charge on any atom is -0.504 e. The highest BCUT2D eigenvalue weighted by Crippen LogP contribution is 2.35. The molecule has 0 bridgehead atoms. The van der Waals surface area contributed by atoms with Crippen molar-refractivity contribution in [2.24, 2.45) is 0 Å². The van der Waals surface area contributed by atoms with Gasteiger partial charge in [-0.1, -0.05) is 31.9 Å². The summed E-state index contributed by atoms with van der Waals surface area (Å²) in [6, 6.07) is 2.11. The molecule has 0 spiro atoms. The minimum atomic E-state index is -0.653. The van der Waals surface area contributed by atoms with E-state index in [4.69, 9.17) is 4.74 Å². The van der Waals surface area contributed by atoms with Crippen LogP contribution in [0.3, 0.4) is 0 Å². The number of hydrogen-bond acceptors (Lipinski definition) is 5. The Bertz CT molecular complexity index is 470. The highest BCUT2D eigenvalue weighted by atomic mass is 16.5. The lowest BCUT2D eigenvalue weighted by Crippen LogP contribution is -2.05. The largest absolute Gasteiger partial charge is 0.504 e. The first-order chi connectivity index (χ1) is 10.1. The van der Waals surface area contributed by atoms with Gasteiger partial charge in [-0.05, 0) is 31.4 Å². The predicted molar refractivity (Wildman–Crippen MR) is 79.6 cm³/mol. The van der Waals surface area contributed by atoms with Gasteiger partial charge >= 0.3 is 5.97 Å². The smallest absolute Gasteiger partial charge is 0.338 e. The first kappa shape index (κ1) is 16.9. The molecule has 5 heteroatoms. The van der Waals surface area contributed by atoms with Gasteiger partial charge in [-0.2, -0.15) is 0 Å². The van der Waals surface area contributed by atoms with Gasteiger partial charge in [-0.25, -0.2) is 4.79 Å². The quantitative estimate of drug-likeness (QED) is 0.296. The summed E-state index contributed by atoms with van der Waals surface area (Å²) in [5.41, 5.74) is -0.00488. The maximum absolute atomic E-state index is 11.7. The SMILES string of the molecule is CCCCCC=CCCOC(=O)c1cc(O)c(O)c(O)c1. The summed E-state index contributed by atoms with van der Waals surface area (Å²) >= 11 is 0. The molecule has 0 amide bonds. The Balaban J connectivity index is 2.34. The van der Waals surface area contributed by atoms with Gasteiger partial charge in [0.05, 0.1) is 12.2 Å². The van der Waals surface area contributed by atoms with Crippen molar-refractivity contribution in [3.05, 3.63) is 29.8 Å². The molecule has 21 heavy (non-hydrogen) atoms. The molecule has 0 atom stereocenters. The second-order valence-corrected chi connectivity index (χ2v) is 4.75. The van der Waals surface area contributed by atoms with Crippen LogP contribution in [0.5, 0.6) is 17.2 Å². The maximum atomic E-state index is 11.7. The number of carbonyl (C=O) groups is 1. The van der Waals surface area contributed by atoms with Crippen LogP contribution in [-0.2, 0) is 4.74 Å². The molecule has 0 radical (unpaired) electrons. The third-order valence-corrected chi connectivity index (χ3v) is 2.96. The Labute approximate surface area is 124 Å². The zero-order chi connectivity index (χ0) is 15.7. The molecule has 0 unspecified atom stereocenters. The van der Waals surface area contributed by atoms with Gasteiger partial charge < -0.3 is 20.1 Å². The number of unbranched alkanes of at least 4 members (excludes halogenated alkanes) is 3. The van der Waals surface area contributed by atoms with Crippen LogP contribution in [0.2, 0.25) is 0 Å². The molecule has 1 aromatic carbocycles. The Morgan fingerprint density at radius 2 is 1.71 bits per heavy atom. The summed E-state index contributed by atoms with van der Waals surface area (Å²) < 4.78 is 5.01. The van der Waals surface area contributed by atoms with Crippen molar-refractivity contribution in [2.45, 2.75) is 39.0 Å². The zero-order valence-corrected chi connectivity index (χ0v) is 12.2. The number of allylic oxidation sites excluding steroid dienone is 1. The van der Waals surface area contributed by atoms with E-state index in [1.807, 2.05) is 6.08 Å².